The van der Waals surface area contributed by atoms with Crippen molar-refractivity contribution < 1.29 is 54.1 Å². The zero-order valence-corrected chi connectivity index (χ0v) is 34.1. The van der Waals surface area contributed by atoms with Crippen molar-refractivity contribution in [3.05, 3.63) is 89.7 Å². The third-order valence-corrected chi connectivity index (χ3v) is 16.4. The van der Waals surface area contributed by atoms with Gasteiger partial charge in [0.25, 0.3) is 11.8 Å². The summed E-state index contributed by atoms with van der Waals surface area (Å²) in [6, 6.07) is 20.5. The third kappa shape index (κ3) is 7.41. The fraction of sp³-hybridized carbons (Fsp3) is 0.463. The van der Waals surface area contributed by atoms with E-state index in [1.54, 1.807) is 42.0 Å². The second-order valence-corrected chi connectivity index (χ2v) is 20.5. The van der Waals surface area contributed by atoms with Crippen molar-refractivity contribution in [1.82, 2.24) is 15.0 Å². The molecule has 4 heterocycles. The minimum absolute atomic E-state index is 0.0318. The molecule has 0 saturated carbocycles. The maximum absolute atomic E-state index is 15.3. The molecule has 0 unspecified atom stereocenters. The Kier molecular flexibility index (Phi) is 11.8. The van der Waals surface area contributed by atoms with Crippen LogP contribution in [0.1, 0.15) is 30.2 Å². The first kappa shape index (κ1) is 41.4. The summed E-state index contributed by atoms with van der Waals surface area (Å²) in [6.45, 7) is 7.30. The second kappa shape index (κ2) is 16.5. The van der Waals surface area contributed by atoms with Gasteiger partial charge in [0.05, 0.1) is 46.3 Å². The number of nitrogens with one attached hydrogen (secondary N) is 1. The van der Waals surface area contributed by atoms with Gasteiger partial charge < -0.3 is 54.7 Å². The summed E-state index contributed by atoms with van der Waals surface area (Å²) < 4.78 is 25.3. The molecule has 310 valence electrons. The number of fused-ring (bicyclic) bond motifs is 2. The Labute approximate surface area is 336 Å². The highest BCUT2D eigenvalue weighted by molar-refractivity contribution is 6.91. The number of aryl methyl sites for hydroxylation is 1. The third-order valence-electron chi connectivity index (χ3n) is 12.0. The summed E-state index contributed by atoms with van der Waals surface area (Å²) in [6.07, 6.45) is -6.47. The number of anilines is 2. The highest BCUT2D eigenvalue weighted by Gasteiger charge is 2.66. The van der Waals surface area contributed by atoms with E-state index in [4.69, 9.17) is 18.9 Å². The van der Waals surface area contributed by atoms with Gasteiger partial charge in [-0.2, -0.15) is 0 Å². The van der Waals surface area contributed by atoms with Gasteiger partial charge in [0.2, 0.25) is 0 Å². The SMILES string of the molecule is COc1ccc([Si](C)(C)[C@@H]2[C@@H](CCn3cc(CCO)nn3)O[C@]3(C(=O)N(Cc4cccc(NC(=O)[C@H]5O[C@@H](O)[C@H](O)[C@@H](O)[C@@H]5O)c4)c4ccc(OC)cc43)[C@H]2C)cc1. The van der Waals surface area contributed by atoms with Crippen LogP contribution < -0.4 is 24.9 Å². The summed E-state index contributed by atoms with van der Waals surface area (Å²) in [4.78, 5) is 30.2. The van der Waals surface area contributed by atoms with Crippen molar-refractivity contribution in [2.75, 3.05) is 31.0 Å². The summed E-state index contributed by atoms with van der Waals surface area (Å²) >= 11 is 0. The van der Waals surface area contributed by atoms with Crippen molar-refractivity contribution >= 4 is 36.4 Å². The maximum atomic E-state index is 15.3. The first-order chi connectivity index (χ1) is 27.7. The molecular formula is C41H51N5O11Si. The number of hydrogen-bond donors (Lipinski definition) is 6. The van der Waals surface area contributed by atoms with Crippen LogP contribution in [-0.4, -0.2) is 118 Å². The minimum atomic E-state index is -2.45. The average molecular weight is 818 g/mol. The van der Waals surface area contributed by atoms with Crippen LogP contribution >= 0.6 is 0 Å². The van der Waals surface area contributed by atoms with E-state index in [-0.39, 0.29) is 36.6 Å². The molecular weight excluding hydrogens is 767 g/mol. The molecule has 2 fully saturated rings. The lowest BCUT2D eigenvalue weighted by atomic mass is 9.82. The van der Waals surface area contributed by atoms with E-state index < -0.39 is 50.3 Å². The number of rotatable bonds is 13. The zero-order valence-electron chi connectivity index (χ0n) is 33.1. The number of aromatic nitrogens is 3. The Morgan fingerprint density at radius 1 is 0.966 bits per heavy atom. The van der Waals surface area contributed by atoms with Crippen molar-refractivity contribution in [3.63, 3.8) is 0 Å². The van der Waals surface area contributed by atoms with E-state index in [9.17, 15) is 30.3 Å². The van der Waals surface area contributed by atoms with Crippen molar-refractivity contribution in [2.24, 2.45) is 5.92 Å². The van der Waals surface area contributed by atoms with Gasteiger partial charge in [-0.15, -0.1) is 5.10 Å². The van der Waals surface area contributed by atoms with Crippen LogP contribution in [0.5, 0.6) is 11.5 Å². The van der Waals surface area contributed by atoms with Crippen molar-refractivity contribution in [3.8, 4) is 11.5 Å². The minimum Gasteiger partial charge on any atom is -0.497 e. The fourth-order valence-corrected chi connectivity index (χ4v) is 13.1. The molecule has 2 saturated heterocycles. The van der Waals surface area contributed by atoms with Crippen molar-refractivity contribution in [2.45, 2.75) is 93.9 Å². The molecule has 3 aliphatic rings. The zero-order chi connectivity index (χ0) is 41.5. The lowest BCUT2D eigenvalue weighted by Gasteiger charge is -2.37. The molecule has 17 heteroatoms. The molecule has 4 aromatic rings. The molecule has 7 rings (SSSR count). The van der Waals surface area contributed by atoms with Gasteiger partial charge in [-0.25, -0.2) is 0 Å². The predicted octanol–water partition coefficient (Wildman–Crippen LogP) is 1.42. The summed E-state index contributed by atoms with van der Waals surface area (Å²) in [5, 5.41) is 62.1. The Hall–Kier alpha value is -4.72. The van der Waals surface area contributed by atoms with Crippen molar-refractivity contribution in [1.29, 1.82) is 0 Å². The topological polar surface area (TPSA) is 218 Å². The Bertz CT molecular complexity index is 2120. The normalized spacial score (nSPS) is 28.2. The van der Waals surface area contributed by atoms with Crippen LogP contribution in [0.4, 0.5) is 11.4 Å². The average Bonchev–Trinajstić information content (AvgIpc) is 3.87. The van der Waals surface area contributed by atoms with E-state index in [2.05, 4.69) is 47.8 Å². The molecule has 1 spiro atoms. The highest BCUT2D eigenvalue weighted by Crippen LogP contribution is 2.60. The lowest BCUT2D eigenvalue weighted by Crippen LogP contribution is -2.60. The van der Waals surface area contributed by atoms with Crippen LogP contribution in [0.25, 0.3) is 0 Å². The molecule has 0 aliphatic carbocycles. The number of hydrogen-bond acceptors (Lipinski definition) is 13. The lowest BCUT2D eigenvalue weighted by molar-refractivity contribution is -0.274. The van der Waals surface area contributed by atoms with E-state index >= 15 is 4.79 Å². The Morgan fingerprint density at radius 2 is 1.69 bits per heavy atom. The second-order valence-electron chi connectivity index (χ2n) is 15.8. The molecule has 16 nitrogen and oxygen atoms in total. The largest absolute Gasteiger partial charge is 0.497 e. The van der Waals surface area contributed by atoms with Crippen LogP contribution in [0.15, 0.2) is 72.9 Å². The molecule has 58 heavy (non-hydrogen) atoms. The number of methoxy groups -OCH3 is 2. The maximum Gasteiger partial charge on any atom is 0.264 e. The first-order valence-corrected chi connectivity index (χ1v) is 22.4. The summed E-state index contributed by atoms with van der Waals surface area (Å²) in [5.41, 5.74) is 1.63. The molecule has 6 N–H and O–H groups in total. The molecule has 3 aromatic carbocycles. The fourth-order valence-electron chi connectivity index (χ4n) is 9.00. The number of ether oxygens (including phenoxy) is 4. The van der Waals surface area contributed by atoms with E-state index in [0.29, 0.717) is 53.3 Å². The van der Waals surface area contributed by atoms with Gasteiger partial charge in [0.15, 0.2) is 18.0 Å². The number of amides is 2. The van der Waals surface area contributed by atoms with Crippen LogP contribution in [0.3, 0.4) is 0 Å². The molecule has 2 amide bonds. The summed E-state index contributed by atoms with van der Waals surface area (Å²) in [5.74, 6) is -0.0228. The van der Waals surface area contributed by atoms with Crippen LogP contribution in [-0.2, 0) is 44.2 Å². The summed E-state index contributed by atoms with van der Waals surface area (Å²) in [7, 11) is 0.772. The first-order valence-electron chi connectivity index (χ1n) is 19.3. The number of carbonyl (C=O) groups excluding carboxylic acids is 2. The van der Waals surface area contributed by atoms with Gasteiger partial charge in [-0.3, -0.25) is 14.3 Å². The number of nitrogens with zero attached hydrogens (tertiary/aromatic N) is 4. The van der Waals surface area contributed by atoms with Gasteiger partial charge in [-0.1, -0.05) is 54.7 Å². The number of aliphatic hydroxyl groups is 5. The number of aliphatic hydroxyl groups excluding tert-OH is 5. The smallest absolute Gasteiger partial charge is 0.264 e. The Balaban J connectivity index is 1.21. The molecule has 9 atom stereocenters. The Morgan fingerprint density at radius 3 is 2.40 bits per heavy atom. The molecule has 3 aliphatic heterocycles. The number of carbonyl (C=O) groups is 2. The van der Waals surface area contributed by atoms with Gasteiger partial charge in [-0.05, 0) is 60.0 Å². The standard InChI is InChI=1S/C41H51N5O11Si/c1-23-37(58(4,5)29-12-9-27(54-2)10-13-29)32(15-17-45-22-26(16-18-47)43-44-45)57-41(23)30-20-28(55-3)11-14-31(30)46(40(41)53)21-24-7-6-8-25(19-24)42-38(51)36-34(49)33(48)35(50)39(52)56-36/h6-14,19-20,22-23,32-37,39,47-50,52H,15-18,21H2,1-5H3,(H,42,51)/t23-,32+,33-,34-,35+,36-,37-,39+,41+/m0/s1. The van der Waals surface area contributed by atoms with Crippen LogP contribution in [0, 0.1) is 5.92 Å². The molecule has 1 aromatic heterocycles. The van der Waals surface area contributed by atoms with E-state index in [1.807, 2.05) is 42.6 Å². The number of benzene rings is 3. The molecule has 0 bridgehead atoms. The van der Waals surface area contributed by atoms with Gasteiger partial charge >= 0.3 is 0 Å². The van der Waals surface area contributed by atoms with Crippen LogP contribution in [0.2, 0.25) is 18.6 Å². The predicted molar refractivity (Wildman–Crippen MR) is 213 cm³/mol. The molecule has 0 radical (unpaired) electrons. The quantitative estimate of drug-likeness (QED) is 0.105. The monoisotopic (exact) mass is 817 g/mol. The van der Waals surface area contributed by atoms with E-state index in [1.165, 1.54) is 5.19 Å². The van der Waals surface area contributed by atoms with E-state index in [0.717, 1.165) is 5.75 Å². The highest BCUT2D eigenvalue weighted by atomic mass is 28.3. The van der Waals surface area contributed by atoms with Gasteiger partial charge in [0, 0.05) is 42.9 Å². The van der Waals surface area contributed by atoms with Gasteiger partial charge in [0.1, 0.15) is 29.8 Å².